The lowest BCUT2D eigenvalue weighted by atomic mass is 10.2. The van der Waals surface area contributed by atoms with E-state index in [1.54, 1.807) is 23.7 Å². The molecule has 6 nitrogen and oxygen atoms in total. The fourth-order valence-corrected chi connectivity index (χ4v) is 3.82. The lowest BCUT2D eigenvalue weighted by Gasteiger charge is -2.01. The van der Waals surface area contributed by atoms with Crippen LogP contribution in [0.2, 0.25) is 0 Å². The smallest absolute Gasteiger partial charge is 0.230 e. The van der Waals surface area contributed by atoms with Gasteiger partial charge in [0, 0.05) is 11.4 Å². The molecule has 22 heavy (non-hydrogen) atoms. The van der Waals surface area contributed by atoms with E-state index < -0.39 is 0 Å². The van der Waals surface area contributed by atoms with Gasteiger partial charge in [0.25, 0.3) is 0 Å². The summed E-state index contributed by atoms with van der Waals surface area (Å²) in [6.45, 7) is 8.18. The molecule has 0 radical (unpaired) electrons. The van der Waals surface area contributed by atoms with Gasteiger partial charge in [-0.05, 0) is 19.4 Å². The number of carbonyl (C=O) groups excluding carboxylic acids is 1. The zero-order valence-electron chi connectivity index (χ0n) is 12.3. The van der Waals surface area contributed by atoms with Gasteiger partial charge in [0.2, 0.25) is 5.91 Å². The molecule has 0 bridgehead atoms. The average molecular weight is 333 g/mol. The molecule has 114 valence electrons. The Kier molecular flexibility index (Phi) is 4.12. The minimum absolute atomic E-state index is 0.0572. The quantitative estimate of drug-likeness (QED) is 0.573. The van der Waals surface area contributed by atoms with Gasteiger partial charge in [-0.25, -0.2) is 4.98 Å². The third kappa shape index (κ3) is 2.59. The first-order valence-corrected chi connectivity index (χ1v) is 8.52. The summed E-state index contributed by atoms with van der Waals surface area (Å²) in [6, 6.07) is 0. The van der Waals surface area contributed by atoms with Crippen molar-refractivity contribution >= 4 is 44.9 Å². The average Bonchev–Trinajstić information content (AvgIpc) is 3.04. The summed E-state index contributed by atoms with van der Waals surface area (Å²) < 4.78 is 1.84. The van der Waals surface area contributed by atoms with Gasteiger partial charge >= 0.3 is 0 Å². The molecular weight excluding hydrogens is 318 g/mol. The van der Waals surface area contributed by atoms with Crippen molar-refractivity contribution in [2.75, 3.05) is 12.3 Å². The number of nitrogens with zero attached hydrogens (tertiary/aromatic N) is 4. The molecule has 0 aromatic carbocycles. The summed E-state index contributed by atoms with van der Waals surface area (Å²) in [7, 11) is 0. The minimum Gasteiger partial charge on any atom is -0.352 e. The largest absolute Gasteiger partial charge is 0.352 e. The van der Waals surface area contributed by atoms with Crippen molar-refractivity contribution in [2.24, 2.45) is 0 Å². The summed E-state index contributed by atoms with van der Waals surface area (Å²) in [5.74, 6) is 0.229. The van der Waals surface area contributed by atoms with Crippen LogP contribution in [0.1, 0.15) is 10.4 Å². The number of aromatic nitrogens is 4. The van der Waals surface area contributed by atoms with Crippen molar-refractivity contribution in [3.63, 3.8) is 0 Å². The van der Waals surface area contributed by atoms with Gasteiger partial charge in [-0.2, -0.15) is 0 Å². The number of thiophene rings is 1. The Labute approximate surface area is 135 Å². The van der Waals surface area contributed by atoms with Crippen molar-refractivity contribution < 1.29 is 4.79 Å². The summed E-state index contributed by atoms with van der Waals surface area (Å²) in [4.78, 5) is 18.3. The maximum atomic E-state index is 11.7. The number of fused-ring (bicyclic) bond motifs is 3. The number of rotatable bonds is 5. The predicted molar refractivity (Wildman–Crippen MR) is 89.6 cm³/mol. The molecule has 0 saturated carbocycles. The number of nitrogens with one attached hydrogen (secondary N) is 1. The fourth-order valence-electron chi connectivity index (χ4n) is 2.09. The lowest BCUT2D eigenvalue weighted by molar-refractivity contribution is -0.118. The molecule has 0 atom stereocenters. The molecule has 0 fully saturated rings. The van der Waals surface area contributed by atoms with E-state index in [2.05, 4.69) is 40.9 Å². The number of hydrogen-bond acceptors (Lipinski definition) is 6. The molecule has 0 spiro atoms. The van der Waals surface area contributed by atoms with Gasteiger partial charge < -0.3 is 5.32 Å². The molecule has 3 aromatic rings. The molecule has 3 heterocycles. The highest BCUT2D eigenvalue weighted by Gasteiger charge is 2.15. The van der Waals surface area contributed by atoms with Gasteiger partial charge in [0.1, 0.15) is 11.2 Å². The van der Waals surface area contributed by atoms with Crippen LogP contribution in [-0.2, 0) is 4.79 Å². The van der Waals surface area contributed by atoms with E-state index in [1.807, 2.05) is 4.40 Å². The van der Waals surface area contributed by atoms with Crippen LogP contribution in [0.5, 0.6) is 0 Å². The number of aryl methyl sites for hydroxylation is 2. The standard InChI is InChI=1S/C14H15N5OS2/c1-4-5-15-10(20)6-21-14-18-17-12-11-8(2)9(3)22-13(11)16-7-19(12)14/h4,7H,1,5-6H2,2-3H3,(H,15,20). The van der Waals surface area contributed by atoms with Gasteiger partial charge in [-0.1, -0.05) is 17.8 Å². The molecule has 0 saturated heterocycles. The number of carbonyl (C=O) groups is 1. The van der Waals surface area contributed by atoms with Crippen LogP contribution in [-0.4, -0.2) is 37.8 Å². The second-order valence-corrected chi connectivity index (χ2v) is 6.91. The van der Waals surface area contributed by atoms with E-state index >= 15 is 0 Å². The maximum Gasteiger partial charge on any atom is 0.230 e. The van der Waals surface area contributed by atoms with Crippen LogP contribution in [0.15, 0.2) is 24.1 Å². The SMILES string of the molecule is C=CCNC(=O)CSc1nnc2c3c(C)c(C)sc3ncn12. The zero-order valence-corrected chi connectivity index (χ0v) is 13.9. The molecule has 8 heteroatoms. The molecule has 0 unspecified atom stereocenters. The van der Waals surface area contributed by atoms with Gasteiger partial charge in [-0.15, -0.1) is 28.1 Å². The van der Waals surface area contributed by atoms with Crippen LogP contribution in [0.4, 0.5) is 0 Å². The Balaban J connectivity index is 1.91. The number of amides is 1. The summed E-state index contributed by atoms with van der Waals surface area (Å²) >= 11 is 3.00. The van der Waals surface area contributed by atoms with Crippen molar-refractivity contribution in [1.82, 2.24) is 24.9 Å². The van der Waals surface area contributed by atoms with Crippen molar-refractivity contribution in [3.05, 3.63) is 29.4 Å². The molecule has 3 aromatic heterocycles. The highest BCUT2D eigenvalue weighted by molar-refractivity contribution is 7.99. The number of hydrogen-bond donors (Lipinski definition) is 1. The Hall–Kier alpha value is -1.93. The van der Waals surface area contributed by atoms with E-state index in [0.29, 0.717) is 11.7 Å². The Bertz CT molecular complexity index is 867. The molecule has 0 aliphatic carbocycles. The van der Waals surface area contributed by atoms with E-state index in [-0.39, 0.29) is 11.7 Å². The molecule has 0 aliphatic heterocycles. The third-order valence-electron chi connectivity index (χ3n) is 3.32. The Morgan fingerprint density at radius 3 is 3.09 bits per heavy atom. The first-order chi connectivity index (χ1) is 10.6. The van der Waals surface area contributed by atoms with Crippen molar-refractivity contribution in [1.29, 1.82) is 0 Å². The summed E-state index contributed by atoms with van der Waals surface area (Å²) in [5.41, 5.74) is 1.98. The zero-order chi connectivity index (χ0) is 15.7. The molecule has 3 rings (SSSR count). The number of thioether (sulfide) groups is 1. The van der Waals surface area contributed by atoms with E-state index in [1.165, 1.54) is 22.2 Å². The van der Waals surface area contributed by atoms with Crippen molar-refractivity contribution in [2.45, 2.75) is 19.0 Å². The van der Waals surface area contributed by atoms with Gasteiger partial charge in [0.15, 0.2) is 10.8 Å². The predicted octanol–water partition coefficient (Wildman–Crippen LogP) is 2.35. The molecular formula is C14H15N5OS2. The van der Waals surface area contributed by atoms with Crippen molar-refractivity contribution in [3.8, 4) is 0 Å². The second kappa shape index (κ2) is 6.05. The summed E-state index contributed by atoms with van der Waals surface area (Å²) in [6.07, 6.45) is 3.37. The summed E-state index contributed by atoms with van der Waals surface area (Å²) in [5, 5.41) is 12.9. The Morgan fingerprint density at radius 2 is 2.32 bits per heavy atom. The maximum absolute atomic E-state index is 11.7. The topological polar surface area (TPSA) is 72.2 Å². The molecule has 1 amide bonds. The van der Waals surface area contributed by atoms with Crippen LogP contribution in [0.25, 0.3) is 15.9 Å². The van der Waals surface area contributed by atoms with E-state index in [9.17, 15) is 4.79 Å². The highest BCUT2D eigenvalue weighted by Crippen LogP contribution is 2.31. The minimum atomic E-state index is -0.0572. The van der Waals surface area contributed by atoms with Gasteiger partial charge in [-0.3, -0.25) is 9.20 Å². The Morgan fingerprint density at radius 1 is 1.50 bits per heavy atom. The van der Waals surface area contributed by atoms with Crippen LogP contribution < -0.4 is 5.32 Å². The lowest BCUT2D eigenvalue weighted by Crippen LogP contribution is -2.25. The molecule has 1 N–H and O–H groups in total. The normalized spacial score (nSPS) is 11.2. The van der Waals surface area contributed by atoms with Crippen LogP contribution in [0.3, 0.4) is 0 Å². The monoisotopic (exact) mass is 333 g/mol. The third-order valence-corrected chi connectivity index (χ3v) is 5.38. The van der Waals surface area contributed by atoms with Crippen LogP contribution >= 0.6 is 23.1 Å². The van der Waals surface area contributed by atoms with E-state index in [4.69, 9.17) is 0 Å². The first-order valence-electron chi connectivity index (χ1n) is 6.71. The first kappa shape index (κ1) is 15.0. The molecule has 0 aliphatic rings. The second-order valence-electron chi connectivity index (χ2n) is 4.77. The van der Waals surface area contributed by atoms with Gasteiger partial charge in [0.05, 0.1) is 11.1 Å². The highest BCUT2D eigenvalue weighted by atomic mass is 32.2. The van der Waals surface area contributed by atoms with E-state index in [0.717, 1.165) is 15.9 Å². The van der Waals surface area contributed by atoms with Crippen LogP contribution in [0, 0.1) is 13.8 Å². The fraction of sp³-hybridized carbons (Fsp3) is 0.286.